The number of hydrogen-bond donors (Lipinski definition) is 1. The lowest BCUT2D eigenvalue weighted by Crippen LogP contribution is -2.36. The molecule has 0 spiro atoms. The predicted molar refractivity (Wildman–Crippen MR) is 139 cm³/mol. The maximum Gasteiger partial charge on any atom is 0.294 e. The highest BCUT2D eigenvalue weighted by Crippen LogP contribution is 2.34. The van der Waals surface area contributed by atoms with Crippen molar-refractivity contribution in [1.29, 1.82) is 0 Å². The molecule has 36 heavy (non-hydrogen) atoms. The third-order valence-electron chi connectivity index (χ3n) is 5.60. The minimum absolute atomic E-state index is 0.228. The van der Waals surface area contributed by atoms with E-state index in [0.29, 0.717) is 29.4 Å². The maximum absolute atomic E-state index is 12.9. The van der Waals surface area contributed by atoms with Gasteiger partial charge in [0, 0.05) is 18.1 Å². The number of rotatable bonds is 8. The number of nitrogens with one attached hydrogen (secondary N) is 1. The first-order chi connectivity index (χ1) is 17.3. The number of amides is 3. The van der Waals surface area contributed by atoms with E-state index >= 15 is 0 Å². The zero-order valence-corrected chi connectivity index (χ0v) is 20.9. The number of carbonyl (C=O) groups excluding carboxylic acids is 3. The first-order valence-electron chi connectivity index (χ1n) is 11.2. The second-order valence-corrected chi connectivity index (χ2v) is 9.16. The largest absolute Gasteiger partial charge is 0.493 e. The summed E-state index contributed by atoms with van der Waals surface area (Å²) in [6.45, 7) is 3.91. The summed E-state index contributed by atoms with van der Waals surface area (Å²) in [5, 5.41) is 2.25. The van der Waals surface area contributed by atoms with E-state index < -0.39 is 17.1 Å². The lowest BCUT2D eigenvalue weighted by Gasteiger charge is -2.13. The van der Waals surface area contributed by atoms with Crippen LogP contribution in [0.2, 0.25) is 0 Å². The van der Waals surface area contributed by atoms with Crippen molar-refractivity contribution in [3.05, 3.63) is 88.1 Å². The Hall–Kier alpha value is -4.11. The van der Waals surface area contributed by atoms with Crippen molar-refractivity contribution < 1.29 is 23.9 Å². The van der Waals surface area contributed by atoms with Crippen molar-refractivity contribution in [2.24, 2.45) is 0 Å². The average molecular weight is 504 g/mol. The molecule has 2 heterocycles. The number of ether oxygens (including phenoxy) is 2. The molecule has 1 aromatic heterocycles. The van der Waals surface area contributed by atoms with Gasteiger partial charge in [-0.05, 0) is 90.3 Å². The van der Waals surface area contributed by atoms with Crippen molar-refractivity contribution in [3.63, 3.8) is 0 Å². The molecule has 0 atom stereocenters. The third kappa shape index (κ3) is 5.92. The number of aromatic nitrogens is 1. The number of imide groups is 1. The van der Waals surface area contributed by atoms with Crippen LogP contribution in [0.5, 0.6) is 11.5 Å². The molecule has 4 rings (SSSR count). The van der Waals surface area contributed by atoms with E-state index in [1.807, 2.05) is 38.1 Å². The van der Waals surface area contributed by atoms with Crippen LogP contribution in [0.25, 0.3) is 6.08 Å². The fraction of sp³-hybridized carbons (Fsp3) is 0.185. The predicted octanol–water partition coefficient (Wildman–Crippen LogP) is 4.96. The van der Waals surface area contributed by atoms with Gasteiger partial charge in [-0.15, -0.1) is 0 Å². The molecule has 2 aromatic carbocycles. The van der Waals surface area contributed by atoms with Gasteiger partial charge in [0.15, 0.2) is 11.5 Å². The number of thioether (sulfide) groups is 1. The van der Waals surface area contributed by atoms with E-state index in [0.717, 1.165) is 33.4 Å². The molecule has 0 aliphatic carbocycles. The van der Waals surface area contributed by atoms with Crippen LogP contribution in [0.3, 0.4) is 0 Å². The summed E-state index contributed by atoms with van der Waals surface area (Å²) < 4.78 is 11.3. The zero-order valence-electron chi connectivity index (χ0n) is 20.1. The topological polar surface area (TPSA) is 97.8 Å². The van der Waals surface area contributed by atoms with Gasteiger partial charge in [0.1, 0.15) is 13.2 Å². The normalized spacial score (nSPS) is 14.3. The Labute approximate surface area is 213 Å². The molecule has 0 unspecified atom stereocenters. The van der Waals surface area contributed by atoms with E-state index in [4.69, 9.17) is 9.47 Å². The van der Waals surface area contributed by atoms with Crippen LogP contribution in [-0.4, -0.2) is 40.6 Å². The number of pyridine rings is 1. The monoisotopic (exact) mass is 503 g/mol. The molecule has 0 bridgehead atoms. The second-order valence-electron chi connectivity index (χ2n) is 8.17. The fourth-order valence-corrected chi connectivity index (χ4v) is 4.32. The minimum atomic E-state index is -0.516. The van der Waals surface area contributed by atoms with Crippen molar-refractivity contribution in [2.45, 2.75) is 20.5 Å². The van der Waals surface area contributed by atoms with Gasteiger partial charge in [0.2, 0.25) is 5.91 Å². The summed E-state index contributed by atoms with van der Waals surface area (Å²) in [5.41, 5.74) is 4.38. The summed E-state index contributed by atoms with van der Waals surface area (Å²) in [5.74, 6) is 0.0729. The van der Waals surface area contributed by atoms with Crippen LogP contribution in [0.4, 0.5) is 10.5 Å². The Morgan fingerprint density at radius 2 is 1.81 bits per heavy atom. The van der Waals surface area contributed by atoms with Gasteiger partial charge in [-0.3, -0.25) is 24.3 Å². The summed E-state index contributed by atoms with van der Waals surface area (Å²) >= 11 is 0.795. The Bertz CT molecular complexity index is 1340. The minimum Gasteiger partial charge on any atom is -0.493 e. The SMILES string of the molecule is COc1cc(/C=C2/SC(=O)N(CC(=O)Nc3ccc(C)c(C)c3)C2=O)ccc1OCc1ccncc1. The number of anilines is 1. The van der Waals surface area contributed by atoms with Crippen LogP contribution in [0, 0.1) is 13.8 Å². The smallest absolute Gasteiger partial charge is 0.294 e. The van der Waals surface area contributed by atoms with Gasteiger partial charge in [-0.25, -0.2) is 0 Å². The number of carbonyl (C=O) groups is 3. The molecular weight excluding hydrogens is 478 g/mol. The van der Waals surface area contributed by atoms with Gasteiger partial charge in [0.05, 0.1) is 12.0 Å². The molecule has 0 radical (unpaired) electrons. The standard InChI is InChI=1S/C27H25N3O5S/c1-17-4-6-21(12-18(17)2)29-25(31)15-30-26(32)24(36-27(30)33)14-20-5-7-22(23(13-20)34-3)35-16-19-8-10-28-11-9-19/h4-14H,15-16H2,1-3H3,(H,29,31)/b24-14+. The highest BCUT2D eigenvalue weighted by atomic mass is 32.2. The highest BCUT2D eigenvalue weighted by Gasteiger charge is 2.36. The number of methoxy groups -OCH3 is 1. The summed E-state index contributed by atoms with van der Waals surface area (Å²) in [7, 11) is 1.53. The Morgan fingerprint density at radius 1 is 1.03 bits per heavy atom. The number of benzene rings is 2. The van der Waals surface area contributed by atoms with Gasteiger partial charge < -0.3 is 14.8 Å². The Kier molecular flexibility index (Phi) is 7.70. The van der Waals surface area contributed by atoms with Crippen LogP contribution in [0.15, 0.2) is 65.8 Å². The van der Waals surface area contributed by atoms with Gasteiger partial charge in [-0.2, -0.15) is 0 Å². The molecule has 3 aromatic rings. The van der Waals surface area contributed by atoms with Crippen molar-refractivity contribution in [1.82, 2.24) is 9.88 Å². The van der Waals surface area contributed by atoms with Gasteiger partial charge in [-0.1, -0.05) is 12.1 Å². The first-order valence-corrected chi connectivity index (χ1v) is 12.0. The summed E-state index contributed by atoms with van der Waals surface area (Å²) in [4.78, 5) is 43.0. The molecule has 1 aliphatic heterocycles. The van der Waals surface area contributed by atoms with E-state index in [2.05, 4.69) is 10.3 Å². The lowest BCUT2D eigenvalue weighted by atomic mass is 10.1. The quantitative estimate of drug-likeness (QED) is 0.434. The van der Waals surface area contributed by atoms with Crippen molar-refractivity contribution in [2.75, 3.05) is 19.0 Å². The van der Waals surface area contributed by atoms with E-state index in [9.17, 15) is 14.4 Å². The highest BCUT2D eigenvalue weighted by molar-refractivity contribution is 8.18. The van der Waals surface area contributed by atoms with Crippen molar-refractivity contribution >= 4 is 40.6 Å². The molecule has 9 heteroatoms. The molecule has 8 nitrogen and oxygen atoms in total. The number of aryl methyl sites for hydroxylation is 2. The van der Waals surface area contributed by atoms with E-state index in [1.54, 1.807) is 42.7 Å². The lowest BCUT2D eigenvalue weighted by molar-refractivity contribution is -0.127. The van der Waals surface area contributed by atoms with Crippen LogP contribution in [-0.2, 0) is 16.2 Å². The van der Waals surface area contributed by atoms with E-state index in [-0.39, 0.29) is 11.4 Å². The van der Waals surface area contributed by atoms with Gasteiger partial charge >= 0.3 is 0 Å². The second kappa shape index (κ2) is 11.1. The molecule has 1 N–H and O–H groups in total. The fourth-order valence-electron chi connectivity index (χ4n) is 3.48. The molecule has 0 saturated carbocycles. The van der Waals surface area contributed by atoms with Crippen molar-refractivity contribution in [3.8, 4) is 11.5 Å². The zero-order chi connectivity index (χ0) is 25.7. The molecule has 3 amide bonds. The van der Waals surface area contributed by atoms with Crippen LogP contribution in [0.1, 0.15) is 22.3 Å². The molecule has 184 valence electrons. The van der Waals surface area contributed by atoms with Crippen LogP contribution < -0.4 is 14.8 Å². The van der Waals surface area contributed by atoms with Crippen LogP contribution >= 0.6 is 11.8 Å². The maximum atomic E-state index is 12.9. The molecular formula is C27H25N3O5S. The molecule has 1 saturated heterocycles. The Balaban J connectivity index is 1.42. The number of nitrogens with zero attached hydrogens (tertiary/aromatic N) is 2. The summed E-state index contributed by atoms with van der Waals surface area (Å²) in [6, 6.07) is 14.5. The molecule has 1 aliphatic rings. The first kappa shape index (κ1) is 25.0. The molecule has 1 fully saturated rings. The average Bonchev–Trinajstić information content (AvgIpc) is 3.13. The number of hydrogen-bond acceptors (Lipinski definition) is 7. The van der Waals surface area contributed by atoms with Gasteiger partial charge in [0.25, 0.3) is 11.1 Å². The Morgan fingerprint density at radius 3 is 2.53 bits per heavy atom. The third-order valence-corrected chi connectivity index (χ3v) is 6.50. The van der Waals surface area contributed by atoms with E-state index in [1.165, 1.54) is 7.11 Å². The summed E-state index contributed by atoms with van der Waals surface area (Å²) in [6.07, 6.45) is 4.99.